The maximum atomic E-state index is 12.8. The summed E-state index contributed by atoms with van der Waals surface area (Å²) in [6.45, 7) is 4.62. The van der Waals surface area contributed by atoms with Gasteiger partial charge in [0.15, 0.2) is 17.0 Å². The van der Waals surface area contributed by atoms with Gasteiger partial charge in [-0.2, -0.15) is 0 Å². The summed E-state index contributed by atoms with van der Waals surface area (Å²) in [5.41, 5.74) is 2.59. The number of carbonyl (C=O) groups is 2. The zero-order valence-corrected chi connectivity index (χ0v) is 16.4. The first-order valence-corrected chi connectivity index (χ1v) is 9.86. The molecule has 0 bridgehead atoms. The van der Waals surface area contributed by atoms with Gasteiger partial charge < -0.3 is 14.8 Å². The highest BCUT2D eigenvalue weighted by molar-refractivity contribution is 6.44. The van der Waals surface area contributed by atoms with Crippen molar-refractivity contribution >= 4 is 39.6 Å². The van der Waals surface area contributed by atoms with Crippen molar-refractivity contribution in [3.8, 4) is 0 Å². The molecule has 4 aromatic rings. The molecular weight excluding hydrogens is 384 g/mol. The molecule has 1 aliphatic rings. The topological polar surface area (TPSA) is 113 Å². The highest BCUT2D eigenvalue weighted by Gasteiger charge is 2.29. The first-order valence-electron chi connectivity index (χ1n) is 9.86. The molecule has 1 aliphatic heterocycles. The summed E-state index contributed by atoms with van der Waals surface area (Å²) < 4.78 is 1.72. The van der Waals surface area contributed by atoms with E-state index in [2.05, 4.69) is 30.2 Å². The fourth-order valence-corrected chi connectivity index (χ4v) is 3.86. The molecule has 30 heavy (non-hydrogen) atoms. The SMILES string of the molecule is CCn1nnc2c(N3CCN(C(=O)C(=O)c4c[nH]c5ccccc45)CC3)ncnc21. The van der Waals surface area contributed by atoms with E-state index in [9.17, 15) is 9.59 Å². The normalized spacial score (nSPS) is 14.6. The molecule has 0 radical (unpaired) electrons. The molecule has 5 rings (SSSR count). The summed E-state index contributed by atoms with van der Waals surface area (Å²) in [5, 5.41) is 9.09. The van der Waals surface area contributed by atoms with Crippen LogP contribution in [0.1, 0.15) is 17.3 Å². The van der Waals surface area contributed by atoms with Crippen LogP contribution in [-0.2, 0) is 11.3 Å². The minimum absolute atomic E-state index is 0.409. The van der Waals surface area contributed by atoms with Gasteiger partial charge in [0.05, 0.1) is 5.56 Å². The third kappa shape index (κ3) is 2.88. The van der Waals surface area contributed by atoms with E-state index in [0.29, 0.717) is 55.3 Å². The molecule has 10 heteroatoms. The number of para-hydroxylation sites is 1. The van der Waals surface area contributed by atoms with Crippen LogP contribution in [0.5, 0.6) is 0 Å². The second-order valence-electron chi connectivity index (χ2n) is 7.13. The number of aryl methyl sites for hydroxylation is 1. The molecule has 10 nitrogen and oxygen atoms in total. The van der Waals surface area contributed by atoms with Crippen LogP contribution in [0.25, 0.3) is 22.1 Å². The summed E-state index contributed by atoms with van der Waals surface area (Å²) >= 11 is 0. The number of nitrogens with zero attached hydrogens (tertiary/aromatic N) is 7. The van der Waals surface area contributed by atoms with E-state index in [1.165, 1.54) is 6.33 Å². The Morgan fingerprint density at radius 2 is 1.90 bits per heavy atom. The Hall–Kier alpha value is -3.82. The maximum absolute atomic E-state index is 12.8. The van der Waals surface area contributed by atoms with Crippen LogP contribution in [0.4, 0.5) is 5.82 Å². The van der Waals surface area contributed by atoms with Gasteiger partial charge in [0.1, 0.15) is 6.33 Å². The molecule has 1 fully saturated rings. The summed E-state index contributed by atoms with van der Waals surface area (Å²) in [6, 6.07) is 7.46. The first-order chi connectivity index (χ1) is 14.7. The number of amides is 1. The minimum Gasteiger partial charge on any atom is -0.360 e. The quantitative estimate of drug-likeness (QED) is 0.402. The molecule has 0 saturated carbocycles. The van der Waals surface area contributed by atoms with Crippen LogP contribution in [0, 0.1) is 0 Å². The van der Waals surface area contributed by atoms with Crippen molar-refractivity contribution in [3.05, 3.63) is 42.4 Å². The van der Waals surface area contributed by atoms with Gasteiger partial charge in [0.2, 0.25) is 0 Å². The van der Waals surface area contributed by atoms with Crippen LogP contribution < -0.4 is 4.90 Å². The number of aromatic amines is 1. The number of anilines is 1. The monoisotopic (exact) mass is 404 g/mol. The lowest BCUT2D eigenvalue weighted by atomic mass is 10.1. The lowest BCUT2D eigenvalue weighted by Gasteiger charge is -2.34. The molecular formula is C20H20N8O2. The fraction of sp³-hybridized carbons (Fsp3) is 0.300. The van der Waals surface area contributed by atoms with Crippen molar-refractivity contribution in [2.24, 2.45) is 0 Å². The average molecular weight is 404 g/mol. The molecule has 0 unspecified atom stereocenters. The number of nitrogens with one attached hydrogen (secondary N) is 1. The van der Waals surface area contributed by atoms with Crippen molar-refractivity contribution in [1.82, 2.24) is 34.8 Å². The number of H-pyrrole nitrogens is 1. The number of piperazine rings is 1. The van der Waals surface area contributed by atoms with Crippen LogP contribution in [-0.4, -0.2) is 72.7 Å². The number of aromatic nitrogens is 6. The summed E-state index contributed by atoms with van der Waals surface area (Å²) in [6.07, 6.45) is 3.11. The van der Waals surface area contributed by atoms with Crippen LogP contribution in [0.3, 0.4) is 0 Å². The van der Waals surface area contributed by atoms with Gasteiger partial charge in [-0.1, -0.05) is 23.4 Å². The lowest BCUT2D eigenvalue weighted by Crippen LogP contribution is -2.51. The summed E-state index contributed by atoms with van der Waals surface area (Å²) in [7, 11) is 0. The zero-order valence-electron chi connectivity index (χ0n) is 16.4. The molecule has 4 heterocycles. The number of rotatable bonds is 4. The Bertz CT molecular complexity index is 1250. The Balaban J connectivity index is 1.32. The van der Waals surface area contributed by atoms with Gasteiger partial charge in [-0.3, -0.25) is 9.59 Å². The summed E-state index contributed by atoms with van der Waals surface area (Å²) in [5.74, 6) is -0.268. The van der Waals surface area contributed by atoms with Crippen molar-refractivity contribution in [2.45, 2.75) is 13.5 Å². The Morgan fingerprint density at radius 1 is 1.10 bits per heavy atom. The Kier molecular flexibility index (Phi) is 4.38. The van der Waals surface area contributed by atoms with E-state index in [0.717, 1.165) is 10.9 Å². The van der Waals surface area contributed by atoms with Crippen LogP contribution in [0.15, 0.2) is 36.8 Å². The highest BCUT2D eigenvalue weighted by Crippen LogP contribution is 2.23. The maximum Gasteiger partial charge on any atom is 0.295 e. The number of Topliss-reactive ketones (excluding diaryl/α,β-unsaturated/α-hetero) is 1. The molecule has 0 atom stereocenters. The largest absolute Gasteiger partial charge is 0.360 e. The standard InChI is InChI=1S/C20H20N8O2/c1-2-28-19-16(24-25-28)18(22-12-23-19)26-7-9-27(10-8-26)20(30)17(29)14-11-21-15-6-4-3-5-13(14)15/h3-6,11-12,21H,2,7-10H2,1H3. The van der Waals surface area contributed by atoms with Gasteiger partial charge >= 0.3 is 0 Å². The molecule has 3 aromatic heterocycles. The molecule has 1 aromatic carbocycles. The van der Waals surface area contributed by atoms with Gasteiger partial charge in [0, 0.05) is 49.8 Å². The van der Waals surface area contributed by atoms with Crippen LogP contribution in [0.2, 0.25) is 0 Å². The number of benzene rings is 1. The molecule has 0 aliphatic carbocycles. The predicted octanol–water partition coefficient (Wildman–Crippen LogP) is 1.25. The third-order valence-electron chi connectivity index (χ3n) is 5.47. The van der Waals surface area contributed by atoms with Crippen molar-refractivity contribution in [1.29, 1.82) is 0 Å². The predicted molar refractivity (Wildman–Crippen MR) is 110 cm³/mol. The number of carbonyl (C=O) groups excluding carboxylic acids is 2. The number of hydrogen-bond donors (Lipinski definition) is 1. The van der Waals surface area contributed by atoms with Crippen molar-refractivity contribution < 1.29 is 9.59 Å². The highest BCUT2D eigenvalue weighted by atomic mass is 16.2. The number of fused-ring (bicyclic) bond motifs is 2. The van der Waals surface area contributed by atoms with E-state index in [1.54, 1.807) is 15.8 Å². The Morgan fingerprint density at radius 3 is 2.70 bits per heavy atom. The van der Waals surface area contributed by atoms with Gasteiger partial charge in [-0.05, 0) is 13.0 Å². The van der Waals surface area contributed by atoms with Gasteiger partial charge in [-0.15, -0.1) is 5.10 Å². The van der Waals surface area contributed by atoms with E-state index >= 15 is 0 Å². The second kappa shape index (κ2) is 7.21. The molecule has 0 spiro atoms. The van der Waals surface area contributed by atoms with E-state index in [-0.39, 0.29) is 0 Å². The first kappa shape index (κ1) is 18.2. The zero-order chi connectivity index (χ0) is 20.7. The molecule has 1 amide bonds. The smallest absolute Gasteiger partial charge is 0.295 e. The summed E-state index contributed by atoms with van der Waals surface area (Å²) in [4.78, 5) is 41.0. The van der Waals surface area contributed by atoms with Crippen LogP contribution >= 0.6 is 0 Å². The van der Waals surface area contributed by atoms with Crippen molar-refractivity contribution in [3.63, 3.8) is 0 Å². The number of hydrogen-bond acceptors (Lipinski definition) is 7. The fourth-order valence-electron chi connectivity index (χ4n) is 3.86. The Labute approximate surface area is 171 Å². The number of ketones is 1. The van der Waals surface area contributed by atoms with E-state index < -0.39 is 11.7 Å². The second-order valence-corrected chi connectivity index (χ2v) is 7.13. The minimum atomic E-state index is -0.490. The molecule has 1 saturated heterocycles. The van der Waals surface area contributed by atoms with Gasteiger partial charge in [-0.25, -0.2) is 14.6 Å². The van der Waals surface area contributed by atoms with E-state index in [4.69, 9.17) is 0 Å². The lowest BCUT2D eigenvalue weighted by molar-refractivity contribution is -0.126. The van der Waals surface area contributed by atoms with Crippen molar-refractivity contribution in [2.75, 3.05) is 31.1 Å². The molecule has 1 N–H and O–H groups in total. The van der Waals surface area contributed by atoms with E-state index in [1.807, 2.05) is 31.2 Å². The third-order valence-corrected chi connectivity index (χ3v) is 5.47. The van der Waals surface area contributed by atoms with Gasteiger partial charge in [0.25, 0.3) is 11.7 Å². The average Bonchev–Trinajstić information content (AvgIpc) is 3.42. The molecule has 152 valence electrons.